The Morgan fingerprint density at radius 2 is 1.95 bits per heavy atom. The highest BCUT2D eigenvalue weighted by molar-refractivity contribution is 5.77. The van der Waals surface area contributed by atoms with E-state index >= 15 is 0 Å². The van der Waals surface area contributed by atoms with E-state index in [1.165, 1.54) is 12.8 Å². The van der Waals surface area contributed by atoms with Crippen molar-refractivity contribution in [2.45, 2.75) is 57.2 Å². The molecule has 1 aromatic carbocycles. The van der Waals surface area contributed by atoms with Crippen molar-refractivity contribution in [1.29, 1.82) is 0 Å². The molecule has 0 saturated carbocycles. The summed E-state index contributed by atoms with van der Waals surface area (Å²) < 4.78 is 11.6. The van der Waals surface area contributed by atoms with Gasteiger partial charge < -0.3 is 14.4 Å². The van der Waals surface area contributed by atoms with Gasteiger partial charge in [-0.05, 0) is 50.8 Å². The standard InChI is InChI=1S/C18H23NO3/c1-11-7-12-3-6-15(10-17(12)22-18(11)20)21-16-8-13-4-5-14(9-16)19(13)2/h3,6,10-11,13-14,16H,4-5,7-9H2,1-2H3. The lowest BCUT2D eigenvalue weighted by molar-refractivity contribution is -0.139. The Morgan fingerprint density at radius 1 is 1.23 bits per heavy atom. The second kappa shape index (κ2) is 5.27. The molecule has 118 valence electrons. The molecule has 0 amide bonds. The van der Waals surface area contributed by atoms with Crippen LogP contribution in [0.2, 0.25) is 0 Å². The van der Waals surface area contributed by atoms with E-state index in [1.54, 1.807) is 0 Å². The van der Waals surface area contributed by atoms with Gasteiger partial charge in [0.1, 0.15) is 17.6 Å². The number of rotatable bonds is 2. The lowest BCUT2D eigenvalue weighted by Crippen LogP contribution is -2.43. The molecule has 3 unspecified atom stereocenters. The third-order valence-electron chi connectivity index (χ3n) is 5.54. The van der Waals surface area contributed by atoms with Crippen LogP contribution in [0.25, 0.3) is 0 Å². The predicted molar refractivity (Wildman–Crippen MR) is 83.2 cm³/mol. The SMILES string of the molecule is CC1Cc2ccc(OC3CC4CCC(C3)N4C)cc2OC1=O. The summed E-state index contributed by atoms with van der Waals surface area (Å²) >= 11 is 0. The van der Waals surface area contributed by atoms with Gasteiger partial charge in [0, 0.05) is 18.2 Å². The number of hydrogen-bond acceptors (Lipinski definition) is 4. The third kappa shape index (κ3) is 2.39. The summed E-state index contributed by atoms with van der Waals surface area (Å²) in [6.45, 7) is 1.91. The van der Waals surface area contributed by atoms with Crippen molar-refractivity contribution < 1.29 is 14.3 Å². The lowest BCUT2D eigenvalue weighted by atomic mass is 9.97. The second-order valence-electron chi connectivity index (χ2n) is 7.06. The van der Waals surface area contributed by atoms with Crippen molar-refractivity contribution in [2.75, 3.05) is 7.05 Å². The molecule has 1 aromatic rings. The van der Waals surface area contributed by atoms with Gasteiger partial charge >= 0.3 is 5.97 Å². The largest absolute Gasteiger partial charge is 0.490 e. The fraction of sp³-hybridized carbons (Fsp3) is 0.611. The molecule has 3 heterocycles. The molecule has 2 fully saturated rings. The molecule has 0 aliphatic carbocycles. The summed E-state index contributed by atoms with van der Waals surface area (Å²) in [5.41, 5.74) is 1.10. The molecule has 22 heavy (non-hydrogen) atoms. The van der Waals surface area contributed by atoms with Crippen LogP contribution in [0.1, 0.15) is 38.2 Å². The van der Waals surface area contributed by atoms with Crippen LogP contribution in [-0.4, -0.2) is 36.1 Å². The normalized spacial score (nSPS) is 34.2. The summed E-state index contributed by atoms with van der Waals surface area (Å²) in [5.74, 6) is 1.32. The summed E-state index contributed by atoms with van der Waals surface area (Å²) in [4.78, 5) is 14.2. The summed E-state index contributed by atoms with van der Waals surface area (Å²) in [5, 5.41) is 0. The van der Waals surface area contributed by atoms with Gasteiger partial charge in [-0.15, -0.1) is 0 Å². The zero-order valence-electron chi connectivity index (χ0n) is 13.2. The molecule has 0 radical (unpaired) electrons. The molecule has 3 atom stereocenters. The van der Waals surface area contributed by atoms with Gasteiger partial charge in [-0.3, -0.25) is 4.79 Å². The molecule has 2 saturated heterocycles. The van der Waals surface area contributed by atoms with Gasteiger partial charge in [0.15, 0.2) is 0 Å². The minimum atomic E-state index is -0.137. The summed E-state index contributed by atoms with van der Waals surface area (Å²) in [6.07, 6.45) is 5.82. The van der Waals surface area contributed by atoms with E-state index in [9.17, 15) is 4.79 Å². The maximum atomic E-state index is 11.7. The fourth-order valence-corrected chi connectivity index (χ4v) is 4.14. The Labute approximate surface area is 131 Å². The first-order valence-corrected chi connectivity index (χ1v) is 8.33. The second-order valence-corrected chi connectivity index (χ2v) is 7.06. The first kappa shape index (κ1) is 14.1. The monoisotopic (exact) mass is 301 g/mol. The molecule has 0 N–H and O–H groups in total. The number of ether oxygens (including phenoxy) is 2. The topological polar surface area (TPSA) is 38.8 Å². The van der Waals surface area contributed by atoms with E-state index in [2.05, 4.69) is 11.9 Å². The molecule has 4 nitrogen and oxygen atoms in total. The van der Waals surface area contributed by atoms with Crippen LogP contribution < -0.4 is 9.47 Å². The van der Waals surface area contributed by atoms with Crippen molar-refractivity contribution in [1.82, 2.24) is 4.90 Å². The molecule has 3 aliphatic rings. The number of nitrogens with zero attached hydrogens (tertiary/aromatic N) is 1. The zero-order chi connectivity index (χ0) is 15.3. The average Bonchev–Trinajstić information content (AvgIpc) is 2.71. The van der Waals surface area contributed by atoms with Crippen molar-refractivity contribution in [2.24, 2.45) is 5.92 Å². The van der Waals surface area contributed by atoms with E-state index in [0.29, 0.717) is 17.8 Å². The van der Waals surface area contributed by atoms with Crippen LogP contribution in [0.3, 0.4) is 0 Å². The van der Waals surface area contributed by atoms with E-state index in [-0.39, 0.29) is 18.0 Å². The van der Waals surface area contributed by atoms with Gasteiger partial charge in [0.25, 0.3) is 0 Å². The highest BCUT2D eigenvalue weighted by Crippen LogP contribution is 2.37. The molecule has 4 rings (SSSR count). The van der Waals surface area contributed by atoms with Crippen molar-refractivity contribution in [3.8, 4) is 11.5 Å². The van der Waals surface area contributed by atoms with Gasteiger partial charge in [0.05, 0.1) is 5.92 Å². The number of carbonyl (C=O) groups is 1. The maximum Gasteiger partial charge on any atom is 0.314 e. The highest BCUT2D eigenvalue weighted by atomic mass is 16.5. The number of hydrogen-bond donors (Lipinski definition) is 0. The zero-order valence-corrected chi connectivity index (χ0v) is 13.2. The number of esters is 1. The number of carbonyl (C=O) groups excluding carboxylic acids is 1. The maximum absolute atomic E-state index is 11.7. The Morgan fingerprint density at radius 3 is 2.68 bits per heavy atom. The number of piperidine rings is 1. The van der Waals surface area contributed by atoms with Crippen LogP contribution in [0.5, 0.6) is 11.5 Å². The van der Waals surface area contributed by atoms with Gasteiger partial charge in [-0.25, -0.2) is 0 Å². The highest BCUT2D eigenvalue weighted by Gasteiger charge is 2.39. The molecule has 0 aromatic heterocycles. The first-order chi connectivity index (χ1) is 10.6. The molecular weight excluding hydrogens is 278 g/mol. The van der Waals surface area contributed by atoms with Crippen molar-refractivity contribution in [3.05, 3.63) is 23.8 Å². The third-order valence-corrected chi connectivity index (χ3v) is 5.54. The predicted octanol–water partition coefficient (Wildman–Crippen LogP) is 2.79. The van der Waals surface area contributed by atoms with E-state index in [1.807, 2.05) is 25.1 Å². The Bertz CT molecular complexity index is 586. The molecule has 2 bridgehead atoms. The van der Waals surface area contributed by atoms with E-state index < -0.39 is 0 Å². The van der Waals surface area contributed by atoms with Gasteiger partial charge in [0.2, 0.25) is 0 Å². The minimum absolute atomic E-state index is 0.0521. The van der Waals surface area contributed by atoms with Crippen LogP contribution in [-0.2, 0) is 11.2 Å². The quantitative estimate of drug-likeness (QED) is 0.622. The van der Waals surface area contributed by atoms with Crippen LogP contribution >= 0.6 is 0 Å². The van der Waals surface area contributed by atoms with Crippen LogP contribution in [0.15, 0.2) is 18.2 Å². The smallest absolute Gasteiger partial charge is 0.314 e. The average molecular weight is 301 g/mol. The van der Waals surface area contributed by atoms with Gasteiger partial charge in [-0.1, -0.05) is 13.0 Å². The first-order valence-electron chi connectivity index (χ1n) is 8.33. The van der Waals surface area contributed by atoms with E-state index in [4.69, 9.17) is 9.47 Å². The lowest BCUT2D eigenvalue weighted by Gasteiger charge is -2.36. The van der Waals surface area contributed by atoms with E-state index in [0.717, 1.165) is 30.6 Å². The Hall–Kier alpha value is -1.55. The molecule has 0 spiro atoms. The van der Waals surface area contributed by atoms with Crippen molar-refractivity contribution >= 4 is 5.97 Å². The summed E-state index contributed by atoms with van der Waals surface area (Å²) in [7, 11) is 2.23. The van der Waals surface area contributed by atoms with Crippen molar-refractivity contribution in [3.63, 3.8) is 0 Å². The molecule has 3 aliphatic heterocycles. The number of fused-ring (bicyclic) bond motifs is 3. The Balaban J connectivity index is 1.48. The van der Waals surface area contributed by atoms with Crippen LogP contribution in [0, 0.1) is 5.92 Å². The molecule has 4 heteroatoms. The fourth-order valence-electron chi connectivity index (χ4n) is 4.14. The Kier molecular flexibility index (Phi) is 3.37. The minimum Gasteiger partial charge on any atom is -0.490 e. The number of benzene rings is 1. The summed E-state index contributed by atoms with van der Waals surface area (Å²) in [6, 6.07) is 7.28. The molecular formula is C18H23NO3. The van der Waals surface area contributed by atoms with Crippen LogP contribution in [0.4, 0.5) is 0 Å². The van der Waals surface area contributed by atoms with Gasteiger partial charge in [-0.2, -0.15) is 0 Å².